The topological polar surface area (TPSA) is 66.9 Å². The summed E-state index contributed by atoms with van der Waals surface area (Å²) >= 11 is 1.60. The molecule has 0 saturated carbocycles. The molecule has 0 saturated heterocycles. The van der Waals surface area contributed by atoms with Gasteiger partial charge in [0.25, 0.3) is 5.91 Å². The van der Waals surface area contributed by atoms with Crippen LogP contribution in [0.25, 0.3) is 0 Å². The number of halogens is 1. The Labute approximate surface area is 203 Å². The van der Waals surface area contributed by atoms with E-state index in [9.17, 15) is 4.79 Å². The first-order chi connectivity index (χ1) is 16.5. The van der Waals surface area contributed by atoms with E-state index in [1.54, 1.807) is 41.7 Å². The van der Waals surface area contributed by atoms with Gasteiger partial charge in [-0.15, -0.1) is 11.3 Å². The molecule has 0 spiro atoms. The number of nitrogens with one attached hydrogen (secondary N) is 1. The summed E-state index contributed by atoms with van der Waals surface area (Å²) in [6.45, 7) is 2.21. The summed E-state index contributed by atoms with van der Waals surface area (Å²) in [5, 5.41) is 5.11. The second kappa shape index (κ2) is 10.8. The van der Waals surface area contributed by atoms with Gasteiger partial charge in [-0.1, -0.05) is 12.1 Å². The molecular weight excluding hydrogens is 455 g/mol. The minimum atomic E-state index is -0.435. The zero-order chi connectivity index (χ0) is 24.1. The number of nitrogens with zero attached hydrogens (tertiary/aromatic N) is 3. The normalized spacial score (nSPS) is 14.5. The Morgan fingerprint density at radius 3 is 2.82 bits per heavy atom. The third-order valence-corrected chi connectivity index (χ3v) is 6.82. The molecule has 0 radical (unpaired) electrons. The molecule has 7 nitrogen and oxygen atoms in total. The van der Waals surface area contributed by atoms with Gasteiger partial charge < -0.3 is 24.6 Å². The van der Waals surface area contributed by atoms with E-state index in [0.717, 1.165) is 23.5 Å². The van der Waals surface area contributed by atoms with Crippen molar-refractivity contribution in [3.63, 3.8) is 0 Å². The van der Waals surface area contributed by atoms with Crippen molar-refractivity contribution in [3.8, 4) is 11.6 Å². The van der Waals surface area contributed by atoms with Crippen molar-refractivity contribution in [2.75, 3.05) is 45.7 Å². The maximum absolute atomic E-state index is 15.0. The van der Waals surface area contributed by atoms with Crippen molar-refractivity contribution in [1.82, 2.24) is 15.2 Å². The predicted molar refractivity (Wildman–Crippen MR) is 131 cm³/mol. The molecule has 1 N–H and O–H groups in total. The number of amides is 1. The number of methoxy groups -OCH3 is 1. The van der Waals surface area contributed by atoms with Crippen LogP contribution in [0.4, 0.5) is 10.1 Å². The summed E-state index contributed by atoms with van der Waals surface area (Å²) in [5.74, 6) is 0.0941. The van der Waals surface area contributed by atoms with Crippen molar-refractivity contribution >= 4 is 22.9 Å². The highest BCUT2D eigenvalue weighted by molar-refractivity contribution is 7.10. The van der Waals surface area contributed by atoms with E-state index in [1.165, 1.54) is 6.07 Å². The molecule has 34 heavy (non-hydrogen) atoms. The Bertz CT molecular complexity index is 1130. The summed E-state index contributed by atoms with van der Waals surface area (Å²) in [6, 6.07) is 10.7. The summed E-state index contributed by atoms with van der Waals surface area (Å²) in [7, 11) is 5.36. The van der Waals surface area contributed by atoms with Crippen LogP contribution in [0.2, 0.25) is 0 Å². The average molecular weight is 485 g/mol. The monoisotopic (exact) mass is 484 g/mol. The van der Waals surface area contributed by atoms with Crippen LogP contribution in [0.15, 0.2) is 48.0 Å². The van der Waals surface area contributed by atoms with Crippen molar-refractivity contribution in [1.29, 1.82) is 0 Å². The number of pyridine rings is 1. The Balaban J connectivity index is 1.50. The fourth-order valence-electron chi connectivity index (χ4n) is 3.95. The highest BCUT2D eigenvalue weighted by Gasteiger charge is 2.26. The number of fused-ring (bicyclic) bond motifs is 1. The van der Waals surface area contributed by atoms with Gasteiger partial charge in [-0.2, -0.15) is 0 Å². The fraction of sp³-hybridized carbons (Fsp3) is 0.360. The van der Waals surface area contributed by atoms with Crippen LogP contribution in [0.3, 0.4) is 0 Å². The first kappa shape index (κ1) is 24.0. The lowest BCUT2D eigenvalue weighted by molar-refractivity contribution is 0.0754. The fourth-order valence-corrected chi connectivity index (χ4v) is 4.74. The Morgan fingerprint density at radius 2 is 2.12 bits per heavy atom. The molecule has 3 aromatic rings. The molecule has 9 heteroatoms. The third kappa shape index (κ3) is 5.31. The largest absolute Gasteiger partial charge is 0.482 e. The molecule has 1 aliphatic heterocycles. The number of carbonyl (C=O) groups is 1. The standard InChI is InChI=1S/C25H29FN4O3S/c1-27-9-8-22(23-5-4-12-34-23)33-21-7-6-17(13-19(21)26)16-30-11-10-29(2)20-14-24(32-3)28-15-18(20)25(30)31/h4-7,12-15,22,27H,8-11,16H2,1-3H3/t22-/m0/s1. The minimum absolute atomic E-state index is 0.139. The number of rotatable bonds is 9. The van der Waals surface area contributed by atoms with Gasteiger partial charge in [0.15, 0.2) is 11.6 Å². The molecule has 0 aliphatic carbocycles. The van der Waals surface area contributed by atoms with Crippen LogP contribution < -0.4 is 19.7 Å². The molecule has 0 bridgehead atoms. The molecule has 1 amide bonds. The highest BCUT2D eigenvalue weighted by atomic mass is 32.1. The summed E-state index contributed by atoms with van der Waals surface area (Å²) in [6.07, 6.45) is 2.04. The van der Waals surface area contributed by atoms with Crippen LogP contribution in [0.5, 0.6) is 11.6 Å². The van der Waals surface area contributed by atoms with Gasteiger partial charge in [0.2, 0.25) is 5.88 Å². The number of carbonyl (C=O) groups excluding carboxylic acids is 1. The number of ether oxygens (including phenoxy) is 2. The number of anilines is 1. The molecule has 1 atom stereocenters. The number of hydrogen-bond acceptors (Lipinski definition) is 7. The Morgan fingerprint density at radius 1 is 1.26 bits per heavy atom. The molecule has 1 aromatic carbocycles. The SMILES string of the molecule is CNCC[C@H](Oc1ccc(CN2CCN(C)c3cc(OC)ncc3C2=O)cc1F)c1cccs1. The van der Waals surface area contributed by atoms with Gasteiger partial charge in [0.05, 0.1) is 18.4 Å². The van der Waals surface area contributed by atoms with Gasteiger partial charge >= 0.3 is 0 Å². The lowest BCUT2D eigenvalue weighted by Crippen LogP contribution is -2.33. The number of likely N-dealkylation sites (N-methyl/N-ethyl adjacent to an activating group) is 1. The van der Waals surface area contributed by atoms with Crippen LogP contribution in [-0.4, -0.2) is 56.6 Å². The predicted octanol–water partition coefficient (Wildman–Crippen LogP) is 4.11. The summed E-state index contributed by atoms with van der Waals surface area (Å²) < 4.78 is 26.3. The van der Waals surface area contributed by atoms with E-state index in [0.29, 0.717) is 36.6 Å². The van der Waals surface area contributed by atoms with E-state index >= 15 is 4.39 Å². The second-order valence-corrected chi connectivity index (χ2v) is 9.15. The van der Waals surface area contributed by atoms with E-state index in [4.69, 9.17) is 9.47 Å². The number of hydrogen-bond donors (Lipinski definition) is 1. The lowest BCUT2D eigenvalue weighted by Gasteiger charge is -2.22. The van der Waals surface area contributed by atoms with Crippen LogP contribution in [-0.2, 0) is 6.54 Å². The molecule has 1 aliphatic rings. The zero-order valence-electron chi connectivity index (χ0n) is 19.6. The molecule has 0 fully saturated rings. The van der Waals surface area contributed by atoms with Gasteiger partial charge in [0.1, 0.15) is 6.10 Å². The summed E-state index contributed by atoms with van der Waals surface area (Å²) in [4.78, 5) is 22.2. The van der Waals surface area contributed by atoms with Crippen LogP contribution in [0.1, 0.15) is 33.3 Å². The van der Waals surface area contributed by atoms with Crippen LogP contribution >= 0.6 is 11.3 Å². The second-order valence-electron chi connectivity index (χ2n) is 8.17. The van der Waals surface area contributed by atoms with E-state index in [-0.39, 0.29) is 17.8 Å². The van der Waals surface area contributed by atoms with Gasteiger partial charge in [-0.3, -0.25) is 4.79 Å². The molecule has 4 rings (SSSR count). The van der Waals surface area contributed by atoms with E-state index in [1.807, 2.05) is 42.6 Å². The quantitative estimate of drug-likeness (QED) is 0.493. The van der Waals surface area contributed by atoms with Gasteiger partial charge in [-0.05, 0) is 42.7 Å². The smallest absolute Gasteiger partial charge is 0.257 e. The average Bonchev–Trinajstić information content (AvgIpc) is 3.36. The van der Waals surface area contributed by atoms with Crippen molar-refractivity contribution in [2.45, 2.75) is 19.1 Å². The van der Waals surface area contributed by atoms with E-state index in [2.05, 4.69) is 10.3 Å². The zero-order valence-corrected chi connectivity index (χ0v) is 20.4. The number of benzene rings is 1. The Hall–Kier alpha value is -3.17. The van der Waals surface area contributed by atoms with Crippen molar-refractivity contribution in [2.24, 2.45) is 0 Å². The third-order valence-electron chi connectivity index (χ3n) is 5.86. The minimum Gasteiger partial charge on any atom is -0.482 e. The lowest BCUT2D eigenvalue weighted by atomic mass is 10.1. The maximum atomic E-state index is 15.0. The van der Waals surface area contributed by atoms with Crippen LogP contribution in [0, 0.1) is 5.82 Å². The molecule has 0 unspecified atom stereocenters. The molecule has 180 valence electrons. The number of thiophene rings is 1. The number of aromatic nitrogens is 1. The maximum Gasteiger partial charge on any atom is 0.257 e. The molecule has 2 aromatic heterocycles. The summed E-state index contributed by atoms with van der Waals surface area (Å²) in [5.41, 5.74) is 1.98. The van der Waals surface area contributed by atoms with Gasteiger partial charge in [-0.25, -0.2) is 9.37 Å². The van der Waals surface area contributed by atoms with Crippen molar-refractivity contribution < 1.29 is 18.7 Å². The first-order valence-corrected chi connectivity index (χ1v) is 12.1. The highest BCUT2D eigenvalue weighted by Crippen LogP contribution is 2.31. The van der Waals surface area contributed by atoms with E-state index < -0.39 is 5.82 Å². The molecule has 3 heterocycles. The molecular formula is C25H29FN4O3S. The first-order valence-electron chi connectivity index (χ1n) is 11.2. The van der Waals surface area contributed by atoms with Crippen molar-refractivity contribution in [3.05, 3.63) is 69.8 Å². The Kier molecular flexibility index (Phi) is 7.64. The van der Waals surface area contributed by atoms with Gasteiger partial charge in [0, 0.05) is 50.2 Å².